The first-order chi connectivity index (χ1) is 7.00. The molecule has 4 heteroatoms. The predicted octanol–water partition coefficient (Wildman–Crippen LogP) is 1.72. The highest BCUT2D eigenvalue weighted by Crippen LogP contribution is 2.27. The number of nitrogens with two attached hydrogens (primary N) is 2. The Hall–Kier alpha value is -1.84. The van der Waals surface area contributed by atoms with E-state index in [0.717, 1.165) is 33.4 Å². The minimum Gasteiger partial charge on any atom is -0.398 e. The van der Waals surface area contributed by atoms with Gasteiger partial charge in [0.2, 0.25) is 5.95 Å². The van der Waals surface area contributed by atoms with Crippen molar-refractivity contribution in [1.29, 1.82) is 0 Å². The zero-order valence-electron chi connectivity index (χ0n) is 9.13. The van der Waals surface area contributed by atoms with Crippen molar-refractivity contribution in [3.05, 3.63) is 22.9 Å². The minimum absolute atomic E-state index is 0.294. The molecule has 1 heterocycles. The van der Waals surface area contributed by atoms with Gasteiger partial charge in [-0.05, 0) is 38.0 Å². The molecule has 0 saturated carbocycles. The molecule has 2 aromatic rings. The minimum atomic E-state index is 0.294. The first kappa shape index (κ1) is 9.71. The average molecular weight is 202 g/mol. The maximum absolute atomic E-state index is 5.89. The normalized spacial score (nSPS) is 10.9. The first-order valence-corrected chi connectivity index (χ1v) is 4.80. The molecule has 15 heavy (non-hydrogen) atoms. The van der Waals surface area contributed by atoms with Crippen molar-refractivity contribution in [1.82, 2.24) is 9.97 Å². The summed E-state index contributed by atoms with van der Waals surface area (Å²) >= 11 is 0. The van der Waals surface area contributed by atoms with Gasteiger partial charge in [-0.1, -0.05) is 0 Å². The van der Waals surface area contributed by atoms with Crippen LogP contribution in [-0.2, 0) is 0 Å². The van der Waals surface area contributed by atoms with Crippen LogP contribution < -0.4 is 11.5 Å². The molecule has 0 unspecified atom stereocenters. The Kier molecular flexibility index (Phi) is 2.00. The van der Waals surface area contributed by atoms with Crippen molar-refractivity contribution in [3.8, 4) is 0 Å². The molecule has 2 rings (SSSR count). The summed E-state index contributed by atoms with van der Waals surface area (Å²) in [5.41, 5.74) is 16.2. The quantitative estimate of drug-likeness (QED) is 0.637. The number of hydrogen-bond donors (Lipinski definition) is 2. The molecule has 0 fully saturated rings. The molecule has 1 aromatic heterocycles. The van der Waals surface area contributed by atoms with Gasteiger partial charge < -0.3 is 11.5 Å². The molecule has 0 aliphatic heterocycles. The number of hydrogen-bond acceptors (Lipinski definition) is 4. The van der Waals surface area contributed by atoms with Crippen LogP contribution >= 0.6 is 0 Å². The lowest BCUT2D eigenvalue weighted by molar-refractivity contribution is 1.16. The Morgan fingerprint density at radius 3 is 2.33 bits per heavy atom. The van der Waals surface area contributed by atoms with Crippen LogP contribution in [0, 0.1) is 20.8 Å². The number of fused-ring (bicyclic) bond motifs is 1. The van der Waals surface area contributed by atoms with Gasteiger partial charge in [0.15, 0.2) is 0 Å². The molecular formula is C11H14N4. The number of nitrogen functional groups attached to an aromatic ring is 2. The highest BCUT2D eigenvalue weighted by atomic mass is 15.0. The van der Waals surface area contributed by atoms with Crippen LogP contribution in [0.1, 0.15) is 16.8 Å². The third kappa shape index (κ3) is 1.38. The van der Waals surface area contributed by atoms with Crippen molar-refractivity contribution >= 4 is 22.5 Å². The molecule has 4 nitrogen and oxygen atoms in total. The number of nitrogens with zero attached hydrogens (tertiary/aromatic N) is 2. The van der Waals surface area contributed by atoms with E-state index in [1.165, 1.54) is 0 Å². The zero-order valence-corrected chi connectivity index (χ0v) is 9.13. The monoisotopic (exact) mass is 202 g/mol. The fourth-order valence-corrected chi connectivity index (χ4v) is 1.84. The van der Waals surface area contributed by atoms with Crippen LogP contribution in [0.25, 0.3) is 10.9 Å². The standard InChI is InChI=1S/C11H14N4/c1-5-6(2)10-7(3)14-11(13)15-9(10)4-8(5)12/h4H,12H2,1-3H3,(H2,13,14,15). The van der Waals surface area contributed by atoms with Crippen molar-refractivity contribution in [2.45, 2.75) is 20.8 Å². The number of aryl methyl sites for hydroxylation is 2. The van der Waals surface area contributed by atoms with E-state index < -0.39 is 0 Å². The highest BCUT2D eigenvalue weighted by Gasteiger charge is 2.09. The summed E-state index contributed by atoms with van der Waals surface area (Å²) in [6.45, 7) is 5.96. The predicted molar refractivity (Wildman–Crippen MR) is 62.6 cm³/mol. The fourth-order valence-electron chi connectivity index (χ4n) is 1.84. The summed E-state index contributed by atoms with van der Waals surface area (Å²) in [6.07, 6.45) is 0. The molecule has 0 radical (unpaired) electrons. The number of anilines is 2. The number of aromatic nitrogens is 2. The van der Waals surface area contributed by atoms with E-state index in [1.54, 1.807) is 0 Å². The lowest BCUT2D eigenvalue weighted by Crippen LogP contribution is -2.01. The summed E-state index contributed by atoms with van der Waals surface area (Å²) in [4.78, 5) is 8.35. The molecule has 0 aliphatic rings. The van der Waals surface area contributed by atoms with Gasteiger partial charge in [-0.2, -0.15) is 0 Å². The van der Waals surface area contributed by atoms with Gasteiger partial charge in [0, 0.05) is 11.1 Å². The van der Waals surface area contributed by atoms with E-state index >= 15 is 0 Å². The lowest BCUT2D eigenvalue weighted by atomic mass is 10.0. The van der Waals surface area contributed by atoms with Gasteiger partial charge in [-0.15, -0.1) is 0 Å². The maximum Gasteiger partial charge on any atom is 0.220 e. The fraction of sp³-hybridized carbons (Fsp3) is 0.273. The third-order valence-corrected chi connectivity index (χ3v) is 2.80. The zero-order chi connectivity index (χ0) is 11.2. The topological polar surface area (TPSA) is 77.8 Å². The van der Waals surface area contributed by atoms with Gasteiger partial charge in [0.25, 0.3) is 0 Å². The van der Waals surface area contributed by atoms with Crippen molar-refractivity contribution in [2.75, 3.05) is 11.5 Å². The Bertz CT molecular complexity index is 546. The van der Waals surface area contributed by atoms with Crippen LogP contribution in [0.3, 0.4) is 0 Å². The van der Waals surface area contributed by atoms with Gasteiger partial charge in [0.05, 0.1) is 11.2 Å². The van der Waals surface area contributed by atoms with Crippen molar-refractivity contribution in [2.24, 2.45) is 0 Å². The maximum atomic E-state index is 5.89. The molecule has 1 aromatic carbocycles. The van der Waals surface area contributed by atoms with Crippen molar-refractivity contribution < 1.29 is 0 Å². The van der Waals surface area contributed by atoms with E-state index in [2.05, 4.69) is 9.97 Å². The average Bonchev–Trinajstić information content (AvgIpc) is 2.13. The van der Waals surface area contributed by atoms with Crippen molar-refractivity contribution in [3.63, 3.8) is 0 Å². The Morgan fingerprint density at radius 1 is 1.00 bits per heavy atom. The number of rotatable bonds is 0. The van der Waals surface area contributed by atoms with Crippen LogP contribution in [0.2, 0.25) is 0 Å². The Labute approximate surface area is 88.3 Å². The second-order valence-electron chi connectivity index (χ2n) is 3.78. The summed E-state index contributed by atoms with van der Waals surface area (Å²) in [5.74, 6) is 0.294. The highest BCUT2D eigenvalue weighted by molar-refractivity contribution is 5.89. The summed E-state index contributed by atoms with van der Waals surface area (Å²) in [7, 11) is 0. The molecule has 0 spiro atoms. The molecule has 0 saturated heterocycles. The number of benzene rings is 1. The van der Waals surface area contributed by atoms with E-state index in [0.29, 0.717) is 5.95 Å². The van der Waals surface area contributed by atoms with Crippen LogP contribution in [-0.4, -0.2) is 9.97 Å². The molecule has 4 N–H and O–H groups in total. The van der Waals surface area contributed by atoms with E-state index in [9.17, 15) is 0 Å². The van der Waals surface area contributed by atoms with Gasteiger partial charge in [-0.3, -0.25) is 0 Å². The molecule has 0 amide bonds. The second-order valence-corrected chi connectivity index (χ2v) is 3.78. The van der Waals surface area contributed by atoms with Crippen LogP contribution in [0.4, 0.5) is 11.6 Å². The molecule has 0 atom stereocenters. The Morgan fingerprint density at radius 2 is 1.67 bits per heavy atom. The molecule has 78 valence electrons. The summed E-state index contributed by atoms with van der Waals surface area (Å²) < 4.78 is 0. The molecule has 0 bridgehead atoms. The van der Waals surface area contributed by atoms with E-state index in [1.807, 2.05) is 26.8 Å². The SMILES string of the molecule is Cc1c(N)cc2nc(N)nc(C)c2c1C. The van der Waals surface area contributed by atoms with Gasteiger partial charge >= 0.3 is 0 Å². The smallest absolute Gasteiger partial charge is 0.220 e. The van der Waals surface area contributed by atoms with E-state index in [4.69, 9.17) is 11.5 Å². The summed E-state index contributed by atoms with van der Waals surface area (Å²) in [6, 6.07) is 1.85. The third-order valence-electron chi connectivity index (χ3n) is 2.80. The second kappa shape index (κ2) is 3.08. The van der Waals surface area contributed by atoms with Gasteiger partial charge in [0.1, 0.15) is 0 Å². The van der Waals surface area contributed by atoms with Crippen LogP contribution in [0.15, 0.2) is 6.07 Å². The Balaban J connectivity index is 2.99. The lowest BCUT2D eigenvalue weighted by Gasteiger charge is -2.10. The van der Waals surface area contributed by atoms with Crippen LogP contribution in [0.5, 0.6) is 0 Å². The summed E-state index contributed by atoms with van der Waals surface area (Å²) in [5, 5.41) is 1.05. The van der Waals surface area contributed by atoms with Gasteiger partial charge in [-0.25, -0.2) is 9.97 Å². The van der Waals surface area contributed by atoms with E-state index in [-0.39, 0.29) is 0 Å². The molecule has 0 aliphatic carbocycles. The largest absolute Gasteiger partial charge is 0.398 e. The molecular weight excluding hydrogens is 188 g/mol. The first-order valence-electron chi connectivity index (χ1n) is 4.80.